The highest BCUT2D eigenvalue weighted by Gasteiger charge is 2.09. The molecule has 134 valence electrons. The molecule has 0 aliphatic heterocycles. The van der Waals surface area contributed by atoms with E-state index in [0.717, 1.165) is 4.47 Å². The summed E-state index contributed by atoms with van der Waals surface area (Å²) >= 11 is 3.37. The van der Waals surface area contributed by atoms with Gasteiger partial charge in [-0.05, 0) is 44.2 Å². The highest BCUT2D eigenvalue weighted by Crippen LogP contribution is 2.14. The summed E-state index contributed by atoms with van der Waals surface area (Å²) in [4.78, 5) is 34.0. The van der Waals surface area contributed by atoms with Gasteiger partial charge in [0.05, 0.1) is 17.2 Å². The third-order valence-corrected chi connectivity index (χ3v) is 4.34. The minimum absolute atomic E-state index is 0.0854. The molecule has 7 heteroatoms. The van der Waals surface area contributed by atoms with Crippen molar-refractivity contribution in [2.75, 3.05) is 0 Å². The Morgan fingerprint density at radius 3 is 2.85 bits per heavy atom. The molecule has 0 saturated carbocycles. The van der Waals surface area contributed by atoms with Gasteiger partial charge in [0, 0.05) is 29.7 Å². The molecule has 0 unspecified atom stereocenters. The Balaban J connectivity index is 1.86. The second kappa shape index (κ2) is 7.78. The number of benzene rings is 1. The highest BCUT2D eigenvalue weighted by atomic mass is 79.9. The van der Waals surface area contributed by atoms with Crippen LogP contribution in [0.1, 0.15) is 25.1 Å². The van der Waals surface area contributed by atoms with Gasteiger partial charge in [-0.15, -0.1) is 0 Å². The van der Waals surface area contributed by atoms with Crippen LogP contribution in [0.5, 0.6) is 0 Å². The molecule has 0 saturated heterocycles. The van der Waals surface area contributed by atoms with E-state index in [4.69, 9.17) is 0 Å². The smallest absolute Gasteiger partial charge is 0.261 e. The van der Waals surface area contributed by atoms with Crippen LogP contribution in [-0.2, 0) is 6.54 Å². The van der Waals surface area contributed by atoms with Gasteiger partial charge in [-0.3, -0.25) is 23.7 Å². The van der Waals surface area contributed by atoms with Gasteiger partial charge in [0.2, 0.25) is 5.91 Å². The Kier molecular flexibility index (Phi) is 5.46. The lowest BCUT2D eigenvalue weighted by Gasteiger charge is -2.09. The first-order valence-corrected chi connectivity index (χ1v) is 9.14. The Bertz CT molecular complexity index is 1080. The zero-order valence-corrected chi connectivity index (χ0v) is 16.2. The van der Waals surface area contributed by atoms with E-state index in [0.29, 0.717) is 16.4 Å². The molecule has 2 aromatic heterocycles. The van der Waals surface area contributed by atoms with Crippen molar-refractivity contribution in [2.24, 2.45) is 4.99 Å². The lowest BCUT2D eigenvalue weighted by Crippen LogP contribution is -2.29. The fourth-order valence-electron chi connectivity index (χ4n) is 2.64. The third-order valence-electron chi connectivity index (χ3n) is 3.85. The van der Waals surface area contributed by atoms with E-state index >= 15 is 0 Å². The van der Waals surface area contributed by atoms with E-state index in [1.165, 1.54) is 15.5 Å². The Morgan fingerprint density at radius 2 is 2.08 bits per heavy atom. The van der Waals surface area contributed by atoms with Gasteiger partial charge in [0.15, 0.2) is 0 Å². The van der Waals surface area contributed by atoms with E-state index < -0.39 is 0 Å². The van der Waals surface area contributed by atoms with Crippen LogP contribution in [0.3, 0.4) is 0 Å². The van der Waals surface area contributed by atoms with Crippen LogP contribution in [-0.4, -0.2) is 26.1 Å². The summed E-state index contributed by atoms with van der Waals surface area (Å²) < 4.78 is 3.81. The number of rotatable bonds is 4. The molecule has 3 aromatic rings. The maximum absolute atomic E-state index is 12.6. The quantitative estimate of drug-likeness (QED) is 0.658. The predicted molar refractivity (Wildman–Crippen MR) is 104 cm³/mol. The maximum atomic E-state index is 12.6. The molecule has 3 rings (SSSR count). The summed E-state index contributed by atoms with van der Waals surface area (Å²) in [5.74, 6) is -0.119. The van der Waals surface area contributed by atoms with Crippen LogP contribution >= 0.6 is 15.9 Å². The number of hydrogen-bond donors (Lipinski definition) is 0. The van der Waals surface area contributed by atoms with Gasteiger partial charge in [-0.25, -0.2) is 4.98 Å². The zero-order chi connectivity index (χ0) is 18.7. The van der Waals surface area contributed by atoms with Crippen LogP contribution in [0, 0.1) is 0 Å². The van der Waals surface area contributed by atoms with Crippen LogP contribution in [0.25, 0.3) is 10.9 Å². The Labute approximate surface area is 159 Å². The molecule has 0 amide bonds. The molecule has 2 heterocycles. The molecular formula is C19H19BrN4O2. The van der Waals surface area contributed by atoms with E-state index in [1.54, 1.807) is 30.5 Å². The maximum Gasteiger partial charge on any atom is 0.261 e. The summed E-state index contributed by atoms with van der Waals surface area (Å²) in [6, 6.07) is 10.9. The number of fused-ring (bicyclic) bond motifs is 1. The molecule has 6 nitrogen and oxygen atoms in total. The number of halogens is 1. The minimum atomic E-state index is -0.158. The summed E-state index contributed by atoms with van der Waals surface area (Å²) in [6.07, 6.45) is 3.36. The molecule has 0 aliphatic rings. The number of aryl methyl sites for hydroxylation is 1. The highest BCUT2D eigenvalue weighted by molar-refractivity contribution is 9.10. The van der Waals surface area contributed by atoms with E-state index in [-0.39, 0.29) is 30.5 Å². The van der Waals surface area contributed by atoms with Gasteiger partial charge in [0.25, 0.3) is 5.56 Å². The second-order valence-electron chi connectivity index (χ2n) is 6.20. The van der Waals surface area contributed by atoms with Crippen LogP contribution in [0.4, 0.5) is 0 Å². The summed E-state index contributed by atoms with van der Waals surface area (Å²) in [6.45, 7) is 4.18. The molecule has 26 heavy (non-hydrogen) atoms. The first kappa shape index (κ1) is 18.3. The minimum Gasteiger partial charge on any atom is -0.298 e. The topological polar surface area (TPSA) is 69.2 Å². The number of hydrogen-bond acceptors (Lipinski definition) is 4. The lowest BCUT2D eigenvalue weighted by molar-refractivity contribution is 0.0890. The predicted octanol–water partition coefficient (Wildman–Crippen LogP) is 3.00. The van der Waals surface area contributed by atoms with E-state index in [9.17, 15) is 9.59 Å². The van der Waals surface area contributed by atoms with E-state index in [2.05, 4.69) is 25.9 Å². The average Bonchev–Trinajstić information content (AvgIpc) is 2.61. The SMILES string of the molecule is CC(C)N=c1ccccn1C(=O)CCn1cnc2ccc(Br)cc2c1=O. The molecule has 0 fully saturated rings. The molecular weight excluding hydrogens is 396 g/mol. The molecule has 0 atom stereocenters. The molecule has 0 bridgehead atoms. The van der Waals surface area contributed by atoms with E-state index in [1.807, 2.05) is 26.0 Å². The Morgan fingerprint density at radius 1 is 1.27 bits per heavy atom. The number of carbonyl (C=O) groups is 1. The molecule has 0 aliphatic carbocycles. The normalized spacial score (nSPS) is 12.1. The standard InChI is InChI=1S/C19H19BrN4O2/c1-13(2)22-17-5-3-4-9-24(17)18(25)8-10-23-12-21-16-7-6-14(20)11-15(16)19(23)26/h3-7,9,11-13H,8,10H2,1-2H3. The van der Waals surface area contributed by atoms with Crippen molar-refractivity contribution >= 4 is 32.7 Å². The number of pyridine rings is 1. The van der Waals surface area contributed by atoms with Crippen molar-refractivity contribution in [3.05, 3.63) is 69.2 Å². The van der Waals surface area contributed by atoms with Crippen molar-refractivity contribution in [3.8, 4) is 0 Å². The van der Waals surface area contributed by atoms with Crippen LogP contribution in [0.2, 0.25) is 0 Å². The molecule has 0 spiro atoms. The number of aromatic nitrogens is 3. The van der Waals surface area contributed by atoms with Crippen molar-refractivity contribution in [2.45, 2.75) is 32.9 Å². The zero-order valence-electron chi connectivity index (χ0n) is 14.6. The van der Waals surface area contributed by atoms with Gasteiger partial charge in [-0.1, -0.05) is 22.0 Å². The first-order valence-electron chi connectivity index (χ1n) is 8.35. The van der Waals surface area contributed by atoms with Crippen molar-refractivity contribution < 1.29 is 4.79 Å². The largest absolute Gasteiger partial charge is 0.298 e. The summed E-state index contributed by atoms with van der Waals surface area (Å²) in [5, 5.41) is 0.525. The second-order valence-corrected chi connectivity index (χ2v) is 7.12. The Hall–Kier alpha value is -2.54. The first-order chi connectivity index (χ1) is 12.5. The number of carbonyl (C=O) groups excluding carboxylic acids is 1. The monoisotopic (exact) mass is 414 g/mol. The van der Waals surface area contributed by atoms with Crippen molar-refractivity contribution in [1.82, 2.24) is 14.1 Å². The van der Waals surface area contributed by atoms with Gasteiger partial charge in [0.1, 0.15) is 5.49 Å². The fourth-order valence-corrected chi connectivity index (χ4v) is 3.00. The molecule has 1 aromatic carbocycles. The summed E-state index contributed by atoms with van der Waals surface area (Å²) in [7, 11) is 0. The van der Waals surface area contributed by atoms with Crippen LogP contribution in [0.15, 0.2) is 63.2 Å². The molecule has 0 radical (unpaired) electrons. The van der Waals surface area contributed by atoms with Gasteiger partial charge < -0.3 is 0 Å². The van der Waals surface area contributed by atoms with Crippen LogP contribution < -0.4 is 11.0 Å². The average molecular weight is 415 g/mol. The molecule has 0 N–H and O–H groups in total. The third kappa shape index (κ3) is 3.99. The van der Waals surface area contributed by atoms with Crippen molar-refractivity contribution in [1.29, 1.82) is 0 Å². The van der Waals surface area contributed by atoms with Gasteiger partial charge >= 0.3 is 0 Å². The van der Waals surface area contributed by atoms with Crippen molar-refractivity contribution in [3.63, 3.8) is 0 Å². The summed E-state index contributed by atoms with van der Waals surface area (Å²) in [5.41, 5.74) is 1.09. The van der Waals surface area contributed by atoms with Gasteiger partial charge in [-0.2, -0.15) is 0 Å². The fraction of sp³-hybridized carbons (Fsp3) is 0.263. The number of nitrogens with zero attached hydrogens (tertiary/aromatic N) is 4. The lowest BCUT2D eigenvalue weighted by atomic mass is 10.2.